The summed E-state index contributed by atoms with van der Waals surface area (Å²) in [5, 5.41) is 15.9. The highest BCUT2D eigenvalue weighted by Gasteiger charge is 2.30. The topological polar surface area (TPSA) is 167 Å². The lowest BCUT2D eigenvalue weighted by atomic mass is 10.0. The Bertz CT molecular complexity index is 1590. The predicted octanol–water partition coefficient (Wildman–Crippen LogP) is 2.22. The van der Waals surface area contributed by atoms with Crippen LogP contribution in [0.2, 0.25) is 0 Å². The number of hydrogen-bond donors (Lipinski definition) is 4. The molecule has 0 bridgehead atoms. The molecule has 0 radical (unpaired) electrons. The Kier molecular flexibility index (Phi) is 13.4. The van der Waals surface area contributed by atoms with Crippen molar-refractivity contribution in [3.8, 4) is 0 Å². The van der Waals surface area contributed by atoms with Crippen molar-refractivity contribution in [1.29, 1.82) is 0 Å². The quantitative estimate of drug-likeness (QED) is 0.298. The van der Waals surface area contributed by atoms with E-state index >= 15 is 0 Å². The van der Waals surface area contributed by atoms with Crippen LogP contribution in [-0.4, -0.2) is 81.4 Å². The van der Waals surface area contributed by atoms with Crippen LogP contribution in [0.4, 0.5) is 4.39 Å². The first kappa shape index (κ1) is 36.7. The number of nitrogens with one attached hydrogen (secondary N) is 4. The van der Waals surface area contributed by atoms with Gasteiger partial charge in [-0.15, -0.1) is 0 Å². The second-order valence-electron chi connectivity index (χ2n) is 12.4. The molecule has 2 aromatic carbocycles. The van der Waals surface area contributed by atoms with Gasteiger partial charge in [0, 0.05) is 51.0 Å². The Morgan fingerprint density at radius 2 is 1.69 bits per heavy atom. The minimum absolute atomic E-state index is 0.0102. The summed E-state index contributed by atoms with van der Waals surface area (Å²) in [6.07, 6.45) is 1.13. The van der Waals surface area contributed by atoms with Crippen molar-refractivity contribution in [2.24, 2.45) is 5.92 Å². The van der Waals surface area contributed by atoms with E-state index in [1.54, 1.807) is 11.8 Å². The molecule has 2 atom stereocenters. The third kappa shape index (κ3) is 11.2. The number of benzene rings is 2. The van der Waals surface area contributed by atoms with E-state index in [-0.39, 0.29) is 68.1 Å². The third-order valence-corrected chi connectivity index (χ3v) is 8.12. The zero-order chi connectivity index (χ0) is 35.3. The van der Waals surface area contributed by atoms with Crippen molar-refractivity contribution in [2.45, 2.75) is 71.5 Å². The average molecular weight is 677 g/mol. The zero-order valence-electron chi connectivity index (χ0n) is 28.2. The molecule has 4 rings (SSSR count). The molecule has 14 heteroatoms. The summed E-state index contributed by atoms with van der Waals surface area (Å²) in [5.74, 6) is -1.35. The monoisotopic (exact) mass is 676 g/mol. The van der Waals surface area contributed by atoms with Crippen LogP contribution in [0, 0.1) is 18.7 Å². The molecule has 5 amide bonds. The van der Waals surface area contributed by atoms with Gasteiger partial charge in [-0.1, -0.05) is 44.2 Å². The lowest BCUT2D eigenvalue weighted by molar-refractivity contribution is -0.132. The van der Waals surface area contributed by atoms with E-state index in [2.05, 4.69) is 31.3 Å². The molecule has 0 aliphatic carbocycles. The molecule has 0 fully saturated rings. The maximum atomic E-state index is 13.8. The molecule has 1 aliphatic rings. The number of nitrogens with zero attached hydrogens (tertiary/aromatic N) is 4. The van der Waals surface area contributed by atoms with E-state index in [9.17, 15) is 28.4 Å². The Morgan fingerprint density at radius 1 is 0.980 bits per heavy atom. The maximum absolute atomic E-state index is 13.8. The standard InChI is InChI=1S/C35H45FN8O5/c1-23(2)32-33-39-24(3)42-44(33)22-30(46)37-17-8-20-43(31(47)16-18-38-34(48)26-12-14-27(36)15-13-26)19-7-11-29(45)40-28(35(49)41-32)21-25-9-5-4-6-10-25/h4-6,9-10,12-15,23,28,32H,7-8,11,16-22H2,1-3H3,(H,37,46)(H,38,48)(H,40,45)(H,41,49)/t28-,32+/m1/s1. The van der Waals surface area contributed by atoms with Gasteiger partial charge in [-0.25, -0.2) is 14.1 Å². The van der Waals surface area contributed by atoms with Gasteiger partial charge < -0.3 is 26.2 Å². The van der Waals surface area contributed by atoms with Gasteiger partial charge in [0.15, 0.2) is 5.82 Å². The number of rotatable bonds is 7. The molecule has 0 unspecified atom stereocenters. The van der Waals surface area contributed by atoms with Gasteiger partial charge in [0.1, 0.15) is 24.2 Å². The molecule has 0 spiro atoms. The number of aromatic nitrogens is 3. The van der Waals surface area contributed by atoms with Gasteiger partial charge in [-0.05, 0) is 55.5 Å². The number of carbonyl (C=O) groups is 5. The van der Waals surface area contributed by atoms with Crippen LogP contribution < -0.4 is 21.3 Å². The van der Waals surface area contributed by atoms with Gasteiger partial charge in [-0.2, -0.15) is 5.10 Å². The molecule has 3 aromatic rings. The van der Waals surface area contributed by atoms with E-state index in [1.165, 1.54) is 28.9 Å². The van der Waals surface area contributed by atoms with E-state index in [1.807, 2.05) is 44.2 Å². The second kappa shape index (κ2) is 17.9. The Balaban J connectivity index is 1.49. The molecular weight excluding hydrogens is 631 g/mol. The Hall–Kier alpha value is -5.14. The first-order valence-corrected chi connectivity index (χ1v) is 16.6. The zero-order valence-corrected chi connectivity index (χ0v) is 28.2. The van der Waals surface area contributed by atoms with Crippen LogP contribution in [0.25, 0.3) is 0 Å². The van der Waals surface area contributed by atoms with Crippen molar-refractivity contribution in [2.75, 3.05) is 26.2 Å². The molecular formula is C35H45FN8O5. The Labute approximate surface area is 285 Å². The molecule has 4 N–H and O–H groups in total. The molecule has 0 saturated heterocycles. The van der Waals surface area contributed by atoms with Crippen LogP contribution in [0.5, 0.6) is 0 Å². The normalized spacial score (nSPS) is 18.4. The molecule has 0 saturated carbocycles. The maximum Gasteiger partial charge on any atom is 0.251 e. The number of hydrogen-bond acceptors (Lipinski definition) is 7. The number of fused-ring (bicyclic) bond motifs is 1. The van der Waals surface area contributed by atoms with Crippen molar-refractivity contribution in [3.05, 3.63) is 83.2 Å². The first-order valence-electron chi connectivity index (χ1n) is 16.6. The second-order valence-corrected chi connectivity index (χ2v) is 12.4. The van der Waals surface area contributed by atoms with E-state index in [0.29, 0.717) is 37.6 Å². The highest BCUT2D eigenvalue weighted by atomic mass is 19.1. The van der Waals surface area contributed by atoms with Crippen molar-refractivity contribution in [3.63, 3.8) is 0 Å². The molecule has 13 nitrogen and oxygen atoms in total. The Morgan fingerprint density at radius 3 is 2.41 bits per heavy atom. The van der Waals surface area contributed by atoms with Gasteiger partial charge in [0.2, 0.25) is 23.6 Å². The number of amides is 5. The summed E-state index contributed by atoms with van der Waals surface area (Å²) in [5.41, 5.74) is 1.14. The summed E-state index contributed by atoms with van der Waals surface area (Å²) < 4.78 is 14.7. The van der Waals surface area contributed by atoms with Crippen LogP contribution >= 0.6 is 0 Å². The highest BCUT2D eigenvalue weighted by molar-refractivity contribution is 5.94. The molecule has 49 heavy (non-hydrogen) atoms. The molecule has 1 aromatic heterocycles. The smallest absolute Gasteiger partial charge is 0.251 e. The van der Waals surface area contributed by atoms with Crippen LogP contribution in [-0.2, 0) is 32.1 Å². The number of halogens is 1. The average Bonchev–Trinajstić information content (AvgIpc) is 3.43. The number of carbonyl (C=O) groups excluding carboxylic acids is 5. The van der Waals surface area contributed by atoms with Crippen molar-refractivity contribution in [1.82, 2.24) is 40.9 Å². The van der Waals surface area contributed by atoms with Crippen LogP contribution in [0.15, 0.2) is 54.6 Å². The van der Waals surface area contributed by atoms with Crippen LogP contribution in [0.1, 0.15) is 73.1 Å². The predicted molar refractivity (Wildman–Crippen MR) is 179 cm³/mol. The fraction of sp³-hybridized carbons (Fsp3) is 0.457. The third-order valence-electron chi connectivity index (χ3n) is 8.12. The molecule has 262 valence electrons. The van der Waals surface area contributed by atoms with Gasteiger partial charge in [0.05, 0.1) is 6.04 Å². The summed E-state index contributed by atoms with van der Waals surface area (Å²) in [4.78, 5) is 71.7. The highest BCUT2D eigenvalue weighted by Crippen LogP contribution is 2.21. The van der Waals surface area contributed by atoms with E-state index in [0.717, 1.165) is 5.56 Å². The summed E-state index contributed by atoms with van der Waals surface area (Å²) >= 11 is 0. The van der Waals surface area contributed by atoms with Crippen molar-refractivity contribution < 1.29 is 28.4 Å². The van der Waals surface area contributed by atoms with Crippen molar-refractivity contribution >= 4 is 29.5 Å². The molecule has 2 heterocycles. The lowest BCUT2D eigenvalue weighted by Crippen LogP contribution is -2.50. The van der Waals surface area contributed by atoms with Gasteiger partial charge in [0.25, 0.3) is 5.91 Å². The van der Waals surface area contributed by atoms with Gasteiger partial charge in [-0.3, -0.25) is 24.0 Å². The summed E-state index contributed by atoms with van der Waals surface area (Å²) in [7, 11) is 0. The lowest BCUT2D eigenvalue weighted by Gasteiger charge is -2.26. The largest absolute Gasteiger partial charge is 0.354 e. The molecule has 1 aliphatic heterocycles. The van der Waals surface area contributed by atoms with E-state index < -0.39 is 29.7 Å². The van der Waals surface area contributed by atoms with Gasteiger partial charge >= 0.3 is 0 Å². The fourth-order valence-corrected chi connectivity index (χ4v) is 5.55. The first-order chi connectivity index (χ1) is 23.5. The van der Waals surface area contributed by atoms with E-state index in [4.69, 9.17) is 0 Å². The summed E-state index contributed by atoms with van der Waals surface area (Å²) in [6.45, 7) is 6.40. The van der Waals surface area contributed by atoms with Crippen LogP contribution in [0.3, 0.4) is 0 Å². The minimum Gasteiger partial charge on any atom is -0.354 e. The minimum atomic E-state index is -0.891. The summed E-state index contributed by atoms with van der Waals surface area (Å²) in [6, 6.07) is 13.0. The number of aryl methyl sites for hydroxylation is 1. The SMILES string of the molecule is Cc1nc2n(n1)CC(=O)NCCCN(C(=O)CCNC(=O)c1ccc(F)cc1)CCCC(=O)N[C@H](Cc1ccccc1)C(=O)N[C@H]2C(C)C. The fourth-order valence-electron chi connectivity index (χ4n) is 5.55.